The van der Waals surface area contributed by atoms with Crippen LogP contribution in [0, 0.1) is 11.7 Å². The quantitative estimate of drug-likeness (QED) is 0.818. The van der Waals surface area contributed by atoms with Gasteiger partial charge in [-0.2, -0.15) is 13.2 Å². The number of nitrogens with one attached hydrogen (secondary N) is 1. The van der Waals surface area contributed by atoms with E-state index >= 15 is 0 Å². The Morgan fingerprint density at radius 2 is 1.93 bits per heavy atom. The van der Waals surface area contributed by atoms with E-state index in [0.29, 0.717) is 5.69 Å². The zero-order valence-corrected chi connectivity index (χ0v) is 14.6. The second-order valence-electron chi connectivity index (χ2n) is 6.09. The Morgan fingerprint density at radius 1 is 1.26 bits per heavy atom. The van der Waals surface area contributed by atoms with Crippen LogP contribution in [0.1, 0.15) is 17.9 Å². The summed E-state index contributed by atoms with van der Waals surface area (Å²) in [4.78, 5) is 15.9. The number of anilines is 1. The van der Waals surface area contributed by atoms with Crippen LogP contribution < -0.4 is 14.8 Å². The summed E-state index contributed by atoms with van der Waals surface area (Å²) in [5.74, 6) is -2.34. The van der Waals surface area contributed by atoms with Gasteiger partial charge in [-0.3, -0.25) is 4.79 Å². The number of imidazole rings is 1. The van der Waals surface area contributed by atoms with Crippen molar-refractivity contribution in [1.82, 2.24) is 9.55 Å². The molecule has 3 rings (SSSR count). The Bertz CT molecular complexity index is 864. The molecule has 0 spiro atoms. The molecule has 2 aromatic rings. The number of hydrogen-bond donors (Lipinski definition) is 1. The Balaban J connectivity index is 1.76. The number of ether oxygens (including phenoxy) is 2. The lowest BCUT2D eigenvalue weighted by Gasteiger charge is -2.24. The Kier molecular flexibility index (Phi) is 4.99. The molecular formula is C17H17F4N3O3. The van der Waals surface area contributed by atoms with Gasteiger partial charge in [-0.05, 0) is 6.42 Å². The van der Waals surface area contributed by atoms with Gasteiger partial charge in [0.15, 0.2) is 17.3 Å². The topological polar surface area (TPSA) is 65.4 Å². The molecular weight excluding hydrogens is 370 g/mol. The highest BCUT2D eigenvalue weighted by atomic mass is 19.4. The summed E-state index contributed by atoms with van der Waals surface area (Å²) in [5, 5.41) is 2.47. The minimum atomic E-state index is -4.55. The lowest BCUT2D eigenvalue weighted by molar-refractivity contribution is -0.147. The van der Waals surface area contributed by atoms with Crippen molar-refractivity contribution < 1.29 is 31.8 Å². The van der Waals surface area contributed by atoms with Crippen LogP contribution in [-0.4, -0.2) is 29.7 Å². The molecule has 146 valence electrons. The molecule has 27 heavy (non-hydrogen) atoms. The fourth-order valence-corrected chi connectivity index (χ4v) is 3.10. The number of hydrogen-bond acceptors (Lipinski definition) is 4. The van der Waals surface area contributed by atoms with Crippen LogP contribution in [0.3, 0.4) is 0 Å². The van der Waals surface area contributed by atoms with E-state index in [1.807, 2.05) is 0 Å². The van der Waals surface area contributed by atoms with E-state index in [1.54, 1.807) is 0 Å². The summed E-state index contributed by atoms with van der Waals surface area (Å²) in [6.45, 7) is 0.0106. The van der Waals surface area contributed by atoms with Gasteiger partial charge in [-0.25, -0.2) is 9.37 Å². The van der Waals surface area contributed by atoms with Crippen LogP contribution in [0.5, 0.6) is 11.5 Å². The van der Waals surface area contributed by atoms with E-state index < -0.39 is 29.6 Å². The van der Waals surface area contributed by atoms with Crippen molar-refractivity contribution in [3.63, 3.8) is 0 Å². The number of aromatic nitrogens is 2. The predicted octanol–water partition coefficient (Wildman–Crippen LogP) is 3.26. The zero-order valence-electron chi connectivity index (χ0n) is 14.6. The number of rotatable bonds is 4. The molecule has 1 aromatic heterocycles. The number of nitrogens with zero attached hydrogens (tertiary/aromatic N) is 2. The summed E-state index contributed by atoms with van der Waals surface area (Å²) >= 11 is 0. The first-order valence-corrected chi connectivity index (χ1v) is 8.08. The van der Waals surface area contributed by atoms with E-state index in [1.165, 1.54) is 20.3 Å². The largest absolute Gasteiger partial charge is 0.493 e. The average molecular weight is 387 g/mol. The number of benzene rings is 1. The molecule has 0 saturated carbocycles. The van der Waals surface area contributed by atoms with Gasteiger partial charge < -0.3 is 19.4 Å². The third-order valence-corrected chi connectivity index (χ3v) is 4.45. The van der Waals surface area contributed by atoms with Gasteiger partial charge in [0.2, 0.25) is 11.7 Å². The molecule has 1 atom stereocenters. The molecule has 1 aromatic carbocycles. The minimum Gasteiger partial charge on any atom is -0.493 e. The molecule has 0 unspecified atom stereocenters. The van der Waals surface area contributed by atoms with Crippen LogP contribution in [0.25, 0.3) is 0 Å². The molecule has 1 amide bonds. The van der Waals surface area contributed by atoms with E-state index in [4.69, 9.17) is 9.47 Å². The number of fused-ring (bicyclic) bond motifs is 1. The van der Waals surface area contributed by atoms with Gasteiger partial charge in [0.25, 0.3) is 0 Å². The minimum absolute atomic E-state index is 0.0106. The molecule has 1 aliphatic rings. The van der Waals surface area contributed by atoms with Crippen LogP contribution in [0.2, 0.25) is 0 Å². The van der Waals surface area contributed by atoms with Crippen molar-refractivity contribution in [3.8, 4) is 11.5 Å². The second kappa shape index (κ2) is 7.09. The number of amides is 1. The van der Waals surface area contributed by atoms with Crippen LogP contribution in [-0.2, 0) is 23.9 Å². The summed E-state index contributed by atoms with van der Waals surface area (Å²) < 4.78 is 64.0. The molecule has 1 aliphatic heterocycles. The molecule has 6 nitrogen and oxygen atoms in total. The third-order valence-electron chi connectivity index (χ3n) is 4.45. The maximum atomic E-state index is 14.2. The molecule has 0 radical (unpaired) electrons. The molecule has 1 N–H and O–H groups in total. The maximum Gasteiger partial charge on any atom is 0.449 e. The Labute approximate surface area is 152 Å². The van der Waals surface area contributed by atoms with Gasteiger partial charge in [-0.1, -0.05) is 0 Å². The van der Waals surface area contributed by atoms with Crippen LogP contribution >= 0.6 is 0 Å². The van der Waals surface area contributed by atoms with Crippen molar-refractivity contribution in [2.45, 2.75) is 25.6 Å². The van der Waals surface area contributed by atoms with Crippen molar-refractivity contribution in [2.75, 3.05) is 19.5 Å². The molecule has 10 heteroatoms. The van der Waals surface area contributed by atoms with Crippen molar-refractivity contribution >= 4 is 11.6 Å². The summed E-state index contributed by atoms with van der Waals surface area (Å²) in [6, 6.07) is 2.38. The highest BCUT2D eigenvalue weighted by Gasteiger charge is 2.39. The van der Waals surface area contributed by atoms with E-state index in [9.17, 15) is 22.4 Å². The fourth-order valence-electron chi connectivity index (χ4n) is 3.10. The normalized spacial score (nSPS) is 16.6. The smallest absolute Gasteiger partial charge is 0.449 e. The van der Waals surface area contributed by atoms with Crippen molar-refractivity contribution in [1.29, 1.82) is 0 Å². The van der Waals surface area contributed by atoms with Gasteiger partial charge in [0, 0.05) is 42.9 Å². The number of methoxy groups -OCH3 is 2. The monoisotopic (exact) mass is 387 g/mol. The molecule has 2 heterocycles. The first-order valence-electron chi connectivity index (χ1n) is 8.08. The Morgan fingerprint density at radius 3 is 2.56 bits per heavy atom. The maximum absolute atomic E-state index is 14.2. The molecule has 0 bridgehead atoms. The van der Waals surface area contributed by atoms with Crippen molar-refractivity contribution in [2.24, 2.45) is 5.92 Å². The SMILES string of the molecule is COc1cc(F)c(NC(=O)[C@H]2CCn3c(cnc3C(F)(F)F)C2)cc1OC. The van der Waals surface area contributed by atoms with E-state index in [-0.39, 0.29) is 36.6 Å². The van der Waals surface area contributed by atoms with Crippen LogP contribution in [0.15, 0.2) is 18.3 Å². The number of carbonyl (C=O) groups is 1. The first-order chi connectivity index (χ1) is 12.7. The van der Waals surface area contributed by atoms with Gasteiger partial charge in [0.1, 0.15) is 0 Å². The summed E-state index contributed by atoms with van der Waals surface area (Å²) in [7, 11) is 2.73. The summed E-state index contributed by atoms with van der Waals surface area (Å²) in [6.07, 6.45) is -3.15. The lowest BCUT2D eigenvalue weighted by atomic mass is 9.95. The number of halogens is 4. The fraction of sp³-hybridized carbons (Fsp3) is 0.412. The van der Waals surface area contributed by atoms with Gasteiger partial charge >= 0.3 is 6.18 Å². The van der Waals surface area contributed by atoms with Crippen LogP contribution in [0.4, 0.5) is 23.2 Å². The summed E-state index contributed by atoms with van der Waals surface area (Å²) in [5.41, 5.74) is 0.231. The molecule has 0 fully saturated rings. The first kappa shape index (κ1) is 19.0. The van der Waals surface area contributed by atoms with Gasteiger partial charge in [-0.15, -0.1) is 0 Å². The lowest BCUT2D eigenvalue weighted by Crippen LogP contribution is -2.31. The molecule has 0 aliphatic carbocycles. The standard InChI is InChI=1S/C17H17F4N3O3/c1-26-13-6-11(18)12(7-14(13)27-2)23-15(25)9-3-4-24-10(5-9)8-22-16(24)17(19,20)21/h6-9H,3-5H2,1-2H3,(H,23,25)/t9-/m0/s1. The number of carbonyl (C=O) groups excluding carboxylic acids is 1. The molecule has 0 saturated heterocycles. The highest BCUT2D eigenvalue weighted by Crippen LogP contribution is 2.34. The highest BCUT2D eigenvalue weighted by molar-refractivity contribution is 5.93. The third kappa shape index (κ3) is 3.69. The average Bonchev–Trinajstić information content (AvgIpc) is 3.06. The second-order valence-corrected chi connectivity index (χ2v) is 6.09. The van der Waals surface area contributed by atoms with Crippen molar-refractivity contribution in [3.05, 3.63) is 35.7 Å². The van der Waals surface area contributed by atoms with E-state index in [0.717, 1.165) is 16.8 Å². The number of alkyl halides is 3. The zero-order chi connectivity index (χ0) is 19.8. The Hall–Kier alpha value is -2.78. The van der Waals surface area contributed by atoms with E-state index in [2.05, 4.69) is 10.3 Å². The van der Waals surface area contributed by atoms with Gasteiger partial charge in [0.05, 0.1) is 19.9 Å². The predicted molar refractivity (Wildman–Crippen MR) is 87.2 cm³/mol.